The summed E-state index contributed by atoms with van der Waals surface area (Å²) in [5.41, 5.74) is 12.4. The molecular formula is C46H38Cl2N2SiZr-2. The van der Waals surface area contributed by atoms with Gasteiger partial charge in [-0.2, -0.15) is 12.1 Å². The summed E-state index contributed by atoms with van der Waals surface area (Å²) in [6.07, 6.45) is 0. The van der Waals surface area contributed by atoms with E-state index >= 15 is 0 Å². The zero-order valence-corrected chi connectivity index (χ0v) is 34.6. The molecule has 2 nitrogen and oxygen atoms in total. The summed E-state index contributed by atoms with van der Waals surface area (Å²) in [7, 11) is 11.2. The van der Waals surface area contributed by atoms with Gasteiger partial charge in [0.15, 0.2) is 0 Å². The van der Waals surface area contributed by atoms with Crippen molar-refractivity contribution in [3.05, 3.63) is 157 Å². The Morgan fingerprint density at radius 1 is 0.462 bits per heavy atom. The van der Waals surface area contributed by atoms with E-state index in [4.69, 9.17) is 17.0 Å². The Labute approximate surface area is 319 Å². The van der Waals surface area contributed by atoms with E-state index in [1.54, 1.807) is 0 Å². The van der Waals surface area contributed by atoms with Crippen molar-refractivity contribution in [3.63, 3.8) is 0 Å². The Bertz CT molecular complexity index is 2730. The van der Waals surface area contributed by atoms with Gasteiger partial charge in [0, 0.05) is 32.6 Å². The first-order valence-electron chi connectivity index (χ1n) is 17.6. The molecule has 0 spiro atoms. The summed E-state index contributed by atoms with van der Waals surface area (Å²) in [5.74, 6) is 0. The van der Waals surface area contributed by atoms with Crippen molar-refractivity contribution in [2.45, 2.75) is 26.9 Å². The summed E-state index contributed by atoms with van der Waals surface area (Å²) < 4.78 is 0. The molecule has 0 aliphatic heterocycles. The van der Waals surface area contributed by atoms with Crippen molar-refractivity contribution in [2.24, 2.45) is 0 Å². The van der Waals surface area contributed by atoms with Gasteiger partial charge in [0.05, 0.1) is 11.0 Å². The second-order valence-corrected chi connectivity index (χ2v) is 36.7. The molecule has 0 aliphatic rings. The number of fused-ring (bicyclic) bond motifs is 8. The Hall–Kier alpha value is -4.18. The number of rotatable bonds is 2. The number of halogens is 2. The van der Waals surface area contributed by atoms with Crippen LogP contribution in [0.4, 0.5) is 0 Å². The largest absolute Gasteiger partial charge is 0.354 e. The fraction of sp³-hybridized carbons (Fsp3) is 0.0870. The fourth-order valence-corrected chi connectivity index (χ4v) is 7.43. The summed E-state index contributed by atoms with van der Waals surface area (Å²) in [5, 5.41) is 10.4. The van der Waals surface area contributed by atoms with Gasteiger partial charge in [-0.25, -0.2) is 0 Å². The molecule has 2 aromatic heterocycles. The van der Waals surface area contributed by atoms with E-state index in [1.165, 1.54) is 98.5 Å². The molecule has 0 fully saturated rings. The van der Waals surface area contributed by atoms with Crippen molar-refractivity contribution < 1.29 is 18.0 Å². The summed E-state index contributed by atoms with van der Waals surface area (Å²) in [6, 6.07) is 52.4. The average Bonchev–Trinajstić information content (AvgIpc) is 3.93. The van der Waals surface area contributed by atoms with E-state index in [1.807, 2.05) is 0 Å². The summed E-state index contributed by atoms with van der Waals surface area (Å²) >= 11 is -1.65. The first kappa shape index (κ1) is 34.9. The van der Waals surface area contributed by atoms with Crippen LogP contribution < -0.4 is 0 Å². The van der Waals surface area contributed by atoms with Gasteiger partial charge in [0.2, 0.25) is 0 Å². The topological polar surface area (TPSA) is 31.6 Å². The van der Waals surface area contributed by atoms with Crippen LogP contribution in [0.3, 0.4) is 0 Å². The Balaban J connectivity index is 0.000000129. The molecule has 2 heterocycles. The minimum absolute atomic E-state index is 0.224. The zero-order chi connectivity index (χ0) is 35.9. The summed E-state index contributed by atoms with van der Waals surface area (Å²) in [6.45, 7) is 8.65. The van der Waals surface area contributed by atoms with Crippen molar-refractivity contribution in [1.82, 2.24) is 9.97 Å². The fourth-order valence-electron chi connectivity index (χ4n) is 7.43. The van der Waals surface area contributed by atoms with Crippen LogP contribution in [0.25, 0.3) is 87.4 Å². The van der Waals surface area contributed by atoms with E-state index < -0.39 is 18.0 Å². The molecule has 8 aromatic carbocycles. The Morgan fingerprint density at radius 3 is 1.25 bits per heavy atom. The monoisotopic (exact) mass is 806 g/mol. The average molecular weight is 809 g/mol. The second kappa shape index (κ2) is 14.7. The van der Waals surface area contributed by atoms with Gasteiger partial charge in [0.25, 0.3) is 0 Å². The SMILES string of the molecule is C[Si](C)=[Zr]([Cl])[Cl].Cc1cc2c(-c3cccc4c3[nH]c3ccccc34)cccc2[cH-]1.Cc1cc2c(-c3cccc4c3[nH]c3ccccc34)cccc2[cH-]1. The number of nitrogens with one attached hydrogen (secondary N) is 2. The normalized spacial score (nSPS) is 11.3. The molecule has 0 amide bonds. The van der Waals surface area contributed by atoms with Crippen LogP contribution in [0, 0.1) is 13.8 Å². The number of benzene rings is 6. The quantitative estimate of drug-likeness (QED) is 0.129. The maximum absolute atomic E-state index is 5.62. The van der Waals surface area contributed by atoms with Crippen LogP contribution in [0.1, 0.15) is 11.1 Å². The second-order valence-electron chi connectivity index (χ2n) is 13.7. The van der Waals surface area contributed by atoms with E-state index in [0.29, 0.717) is 0 Å². The predicted molar refractivity (Wildman–Crippen MR) is 227 cm³/mol. The first-order chi connectivity index (χ1) is 25.3. The number of aromatic nitrogens is 2. The molecule has 0 radical (unpaired) electrons. The van der Waals surface area contributed by atoms with E-state index in [9.17, 15) is 0 Å². The minimum atomic E-state index is -1.65. The molecule has 0 unspecified atom stereocenters. The van der Waals surface area contributed by atoms with E-state index in [-0.39, 0.29) is 5.43 Å². The van der Waals surface area contributed by atoms with Crippen molar-refractivity contribution >= 4 is 87.6 Å². The van der Waals surface area contributed by atoms with Crippen LogP contribution in [0.15, 0.2) is 146 Å². The van der Waals surface area contributed by atoms with Gasteiger partial charge in [0.1, 0.15) is 0 Å². The zero-order valence-electron chi connectivity index (χ0n) is 29.6. The van der Waals surface area contributed by atoms with Crippen molar-refractivity contribution in [2.75, 3.05) is 0 Å². The van der Waals surface area contributed by atoms with Crippen LogP contribution in [-0.2, 0) is 18.0 Å². The van der Waals surface area contributed by atoms with Gasteiger partial charge in [-0.1, -0.05) is 110 Å². The molecule has 52 heavy (non-hydrogen) atoms. The van der Waals surface area contributed by atoms with E-state index in [0.717, 1.165) is 0 Å². The number of hydrogen-bond acceptors (Lipinski definition) is 0. The number of hydrogen-bond donors (Lipinski definition) is 2. The number of H-pyrrole nitrogens is 2. The van der Waals surface area contributed by atoms with E-state index in [2.05, 4.69) is 183 Å². The Kier molecular flexibility index (Phi) is 9.85. The maximum Gasteiger partial charge on any atom is 0.0536 e. The van der Waals surface area contributed by atoms with Gasteiger partial charge in [-0.05, 0) is 23.3 Å². The summed E-state index contributed by atoms with van der Waals surface area (Å²) in [4.78, 5) is 7.23. The molecule has 6 heteroatoms. The van der Waals surface area contributed by atoms with Crippen LogP contribution in [-0.4, -0.2) is 15.4 Å². The number of aromatic amines is 2. The third-order valence-corrected chi connectivity index (χ3v) is 29.6. The maximum atomic E-state index is 5.62. The van der Waals surface area contributed by atoms with Crippen LogP contribution in [0.2, 0.25) is 13.1 Å². The van der Waals surface area contributed by atoms with Gasteiger partial charge in [-0.3, -0.25) is 0 Å². The molecular weight excluding hydrogens is 771 g/mol. The standard InChI is InChI=1S/2C22H16N.C2H6Si.2ClH.Zr/c2*1-14-12-15-6-4-8-16(20(15)13-14)18-9-5-10-19-17-7-2-3-11-21(17)23-22(18)19;1-3-2;;;/h2*2-13,23H,1H3;1-2H3;2*1H;/q2*-1;;;;+2/p-2. The predicted octanol–water partition coefficient (Wildman–Crippen LogP) is 14.5. The van der Waals surface area contributed by atoms with Gasteiger partial charge >= 0.3 is 53.5 Å². The third-order valence-electron chi connectivity index (χ3n) is 9.83. The molecule has 0 aliphatic carbocycles. The molecule has 0 saturated heterocycles. The van der Waals surface area contributed by atoms with Crippen LogP contribution in [0.5, 0.6) is 0 Å². The first-order valence-corrected chi connectivity index (χ1v) is 30.1. The molecule has 10 rings (SSSR count). The van der Waals surface area contributed by atoms with Gasteiger partial charge in [-0.15, -0.1) is 69.1 Å². The smallest absolute Gasteiger partial charge is 0.0536 e. The number of aryl methyl sites for hydroxylation is 2. The molecule has 0 bridgehead atoms. The molecule has 2 N–H and O–H groups in total. The third kappa shape index (κ3) is 6.63. The van der Waals surface area contributed by atoms with Crippen molar-refractivity contribution in [1.29, 1.82) is 0 Å². The Morgan fingerprint density at radius 2 is 0.827 bits per heavy atom. The molecule has 0 saturated carbocycles. The minimum Gasteiger partial charge on any atom is -0.354 e. The molecule has 256 valence electrons. The van der Waals surface area contributed by atoms with Gasteiger partial charge < -0.3 is 9.97 Å². The number of para-hydroxylation sites is 4. The molecule has 0 atom stereocenters. The van der Waals surface area contributed by atoms with Crippen LogP contribution >= 0.6 is 17.0 Å². The molecule has 10 aromatic rings. The van der Waals surface area contributed by atoms with Crippen molar-refractivity contribution in [3.8, 4) is 22.3 Å².